The van der Waals surface area contributed by atoms with Crippen molar-refractivity contribution < 1.29 is 28.9 Å². The van der Waals surface area contributed by atoms with Gasteiger partial charge in [-0.3, -0.25) is 14.6 Å². The van der Waals surface area contributed by atoms with Gasteiger partial charge in [0.05, 0.1) is 24.8 Å². The molecule has 38 heavy (non-hydrogen) atoms. The normalized spacial score (nSPS) is 19.8. The average molecular weight is 515 g/mol. The van der Waals surface area contributed by atoms with Crippen molar-refractivity contribution in [1.82, 2.24) is 9.88 Å². The number of amides is 1. The highest BCUT2D eigenvalue weighted by molar-refractivity contribution is 6.46. The van der Waals surface area contributed by atoms with E-state index in [0.717, 1.165) is 16.9 Å². The summed E-state index contributed by atoms with van der Waals surface area (Å²) < 4.78 is 17.3. The highest BCUT2D eigenvalue weighted by Crippen LogP contribution is 2.43. The number of hydrogen-bond donors (Lipinski definition) is 1. The fourth-order valence-electron chi connectivity index (χ4n) is 5.04. The molecular formula is C30H30N2O6. The Bertz CT molecular complexity index is 1400. The van der Waals surface area contributed by atoms with Gasteiger partial charge in [-0.1, -0.05) is 12.1 Å². The number of pyridine rings is 1. The fourth-order valence-corrected chi connectivity index (χ4v) is 5.04. The first-order valence-electron chi connectivity index (χ1n) is 12.8. The number of carbonyl (C=O) groups is 2. The predicted molar refractivity (Wildman–Crippen MR) is 141 cm³/mol. The summed E-state index contributed by atoms with van der Waals surface area (Å²) in [7, 11) is 0. The summed E-state index contributed by atoms with van der Waals surface area (Å²) in [5.74, 6) is 0.169. The number of carbonyl (C=O) groups excluding carboxylic acids is 2. The van der Waals surface area contributed by atoms with Crippen LogP contribution in [0.3, 0.4) is 0 Å². The number of rotatable bonds is 8. The van der Waals surface area contributed by atoms with Crippen LogP contribution in [0.25, 0.3) is 5.76 Å². The molecule has 2 aliphatic rings. The van der Waals surface area contributed by atoms with Crippen LogP contribution in [0.5, 0.6) is 17.2 Å². The number of hydrogen-bond acceptors (Lipinski definition) is 7. The fraction of sp³-hybridized carbons (Fsp3) is 0.300. The number of aliphatic hydroxyl groups excluding tert-OH is 1. The van der Waals surface area contributed by atoms with Crippen LogP contribution in [0, 0.1) is 0 Å². The number of ketones is 1. The maximum absolute atomic E-state index is 13.5. The van der Waals surface area contributed by atoms with Crippen molar-refractivity contribution in [3.8, 4) is 17.2 Å². The van der Waals surface area contributed by atoms with E-state index in [9.17, 15) is 14.7 Å². The monoisotopic (exact) mass is 514 g/mol. The second-order valence-electron chi connectivity index (χ2n) is 9.32. The molecule has 2 aliphatic heterocycles. The maximum Gasteiger partial charge on any atom is 0.295 e. The Morgan fingerprint density at radius 3 is 2.61 bits per heavy atom. The van der Waals surface area contributed by atoms with E-state index in [1.165, 1.54) is 4.90 Å². The Labute approximate surface area is 221 Å². The number of aromatic nitrogens is 1. The molecule has 0 spiro atoms. The first-order chi connectivity index (χ1) is 18.4. The van der Waals surface area contributed by atoms with Gasteiger partial charge in [-0.15, -0.1) is 0 Å². The van der Waals surface area contributed by atoms with Crippen LogP contribution in [0.1, 0.15) is 49.1 Å². The van der Waals surface area contributed by atoms with Gasteiger partial charge in [-0.05, 0) is 73.9 Å². The molecule has 0 saturated carbocycles. The molecule has 0 bridgehead atoms. The molecule has 2 aromatic carbocycles. The van der Waals surface area contributed by atoms with Crippen LogP contribution in [-0.2, 0) is 22.6 Å². The lowest BCUT2D eigenvalue weighted by molar-refractivity contribution is -0.140. The minimum Gasteiger partial charge on any atom is -0.507 e. The van der Waals surface area contributed by atoms with E-state index in [4.69, 9.17) is 14.2 Å². The molecule has 3 heterocycles. The second-order valence-corrected chi connectivity index (χ2v) is 9.32. The van der Waals surface area contributed by atoms with Gasteiger partial charge in [0.25, 0.3) is 11.7 Å². The molecule has 196 valence electrons. The van der Waals surface area contributed by atoms with Gasteiger partial charge < -0.3 is 24.2 Å². The molecule has 1 saturated heterocycles. The average Bonchev–Trinajstić information content (AvgIpc) is 3.41. The third kappa shape index (κ3) is 4.69. The summed E-state index contributed by atoms with van der Waals surface area (Å²) >= 11 is 0. The second kappa shape index (κ2) is 10.6. The zero-order valence-electron chi connectivity index (χ0n) is 21.6. The number of nitrogens with zero attached hydrogens (tertiary/aromatic N) is 2. The van der Waals surface area contributed by atoms with Crippen LogP contribution in [0.4, 0.5) is 0 Å². The molecule has 8 heteroatoms. The first-order valence-corrected chi connectivity index (χ1v) is 12.8. The third-order valence-electron chi connectivity index (χ3n) is 6.67. The smallest absolute Gasteiger partial charge is 0.295 e. The molecule has 0 aliphatic carbocycles. The van der Waals surface area contributed by atoms with Crippen molar-refractivity contribution >= 4 is 17.4 Å². The lowest BCUT2D eigenvalue weighted by Gasteiger charge is -2.26. The minimum absolute atomic E-state index is 0.0254. The standard InChI is InChI=1S/C30H30N2O6/c1-4-36-24-11-8-20(15-25(24)37-5-2)27-26(28(33)21-9-10-23-22(14-21)13-18(3)38-23)29(34)30(35)32(27)17-19-7-6-12-31-16-19/h6-12,14-16,18,27,33H,4-5,13,17H2,1-3H3/t18-,27-/m0/s1. The highest BCUT2D eigenvalue weighted by Gasteiger charge is 2.46. The number of fused-ring (bicyclic) bond motifs is 1. The van der Waals surface area contributed by atoms with E-state index in [1.807, 2.05) is 32.9 Å². The molecule has 8 nitrogen and oxygen atoms in total. The lowest BCUT2D eigenvalue weighted by atomic mass is 9.94. The first kappa shape index (κ1) is 25.3. The maximum atomic E-state index is 13.5. The van der Waals surface area contributed by atoms with Crippen LogP contribution in [-0.4, -0.2) is 46.0 Å². The number of benzene rings is 2. The summed E-state index contributed by atoms with van der Waals surface area (Å²) in [5.41, 5.74) is 2.82. The van der Waals surface area contributed by atoms with Crippen LogP contribution in [0.2, 0.25) is 0 Å². The van der Waals surface area contributed by atoms with Crippen molar-refractivity contribution in [2.45, 2.75) is 45.9 Å². The van der Waals surface area contributed by atoms with Crippen molar-refractivity contribution in [3.05, 3.63) is 88.8 Å². The summed E-state index contributed by atoms with van der Waals surface area (Å²) in [6, 6.07) is 13.4. The molecule has 1 fully saturated rings. The zero-order valence-corrected chi connectivity index (χ0v) is 21.6. The third-order valence-corrected chi connectivity index (χ3v) is 6.67. The van der Waals surface area contributed by atoms with Crippen LogP contribution in [0.15, 0.2) is 66.5 Å². The molecular weight excluding hydrogens is 484 g/mol. The minimum atomic E-state index is -0.839. The SMILES string of the molecule is CCOc1ccc([C@H]2C(=C(O)c3ccc4c(c3)C[C@H](C)O4)C(=O)C(=O)N2Cc2cccnc2)cc1OCC. The van der Waals surface area contributed by atoms with Gasteiger partial charge >= 0.3 is 0 Å². The van der Waals surface area contributed by atoms with E-state index >= 15 is 0 Å². The van der Waals surface area contributed by atoms with E-state index < -0.39 is 17.7 Å². The number of likely N-dealkylation sites (tertiary alicyclic amines) is 1. The number of aliphatic hydroxyl groups is 1. The van der Waals surface area contributed by atoms with Crippen LogP contribution < -0.4 is 14.2 Å². The van der Waals surface area contributed by atoms with Gasteiger partial charge in [-0.2, -0.15) is 0 Å². The lowest BCUT2D eigenvalue weighted by Crippen LogP contribution is -2.29. The molecule has 2 atom stereocenters. The molecule has 5 rings (SSSR count). The van der Waals surface area contributed by atoms with Crippen molar-refractivity contribution in [2.24, 2.45) is 0 Å². The molecule has 1 N–H and O–H groups in total. The van der Waals surface area contributed by atoms with Gasteiger partial charge in [0.15, 0.2) is 11.5 Å². The van der Waals surface area contributed by atoms with E-state index in [2.05, 4.69) is 4.98 Å². The molecule has 3 aromatic rings. The van der Waals surface area contributed by atoms with Crippen LogP contribution >= 0.6 is 0 Å². The van der Waals surface area contributed by atoms with Crippen molar-refractivity contribution in [3.63, 3.8) is 0 Å². The summed E-state index contributed by atoms with van der Waals surface area (Å²) in [6.45, 7) is 6.75. The van der Waals surface area contributed by atoms with Crippen molar-refractivity contribution in [1.29, 1.82) is 0 Å². The predicted octanol–water partition coefficient (Wildman–Crippen LogP) is 4.82. The van der Waals surface area contributed by atoms with Crippen molar-refractivity contribution in [2.75, 3.05) is 13.2 Å². The number of ether oxygens (including phenoxy) is 3. The summed E-state index contributed by atoms with van der Waals surface area (Å²) in [5, 5.41) is 11.5. The quantitative estimate of drug-likeness (QED) is 0.261. The Hall–Kier alpha value is -4.33. The zero-order chi connectivity index (χ0) is 26.8. The summed E-state index contributed by atoms with van der Waals surface area (Å²) in [4.78, 5) is 32.5. The van der Waals surface area contributed by atoms with Gasteiger partial charge in [-0.25, -0.2) is 0 Å². The Kier molecular flexibility index (Phi) is 7.05. The number of Topliss-reactive ketones (excluding diaryl/α,β-unsaturated/α-hetero) is 1. The molecule has 0 unspecified atom stereocenters. The van der Waals surface area contributed by atoms with E-state index in [-0.39, 0.29) is 24.0 Å². The largest absolute Gasteiger partial charge is 0.507 e. The van der Waals surface area contributed by atoms with E-state index in [0.29, 0.717) is 42.3 Å². The molecule has 1 amide bonds. The van der Waals surface area contributed by atoms with Gasteiger partial charge in [0, 0.05) is 30.9 Å². The Morgan fingerprint density at radius 1 is 1.08 bits per heavy atom. The molecule has 1 aromatic heterocycles. The Morgan fingerprint density at radius 2 is 1.87 bits per heavy atom. The highest BCUT2D eigenvalue weighted by atomic mass is 16.5. The topological polar surface area (TPSA) is 98.2 Å². The van der Waals surface area contributed by atoms with Gasteiger partial charge in [0.2, 0.25) is 0 Å². The molecule has 0 radical (unpaired) electrons. The van der Waals surface area contributed by atoms with Gasteiger partial charge in [0.1, 0.15) is 17.6 Å². The Balaban J connectivity index is 1.65. The van der Waals surface area contributed by atoms with E-state index in [1.54, 1.807) is 48.8 Å². The summed E-state index contributed by atoms with van der Waals surface area (Å²) in [6.07, 6.45) is 4.04.